The lowest BCUT2D eigenvalue weighted by Crippen LogP contribution is -2.15. The quantitative estimate of drug-likeness (QED) is 0.511. The summed E-state index contributed by atoms with van der Waals surface area (Å²) >= 11 is 0.887. The van der Waals surface area contributed by atoms with E-state index in [1.165, 1.54) is 6.92 Å². The van der Waals surface area contributed by atoms with Gasteiger partial charge in [0.2, 0.25) is 0 Å². The van der Waals surface area contributed by atoms with E-state index in [1.54, 1.807) is 6.92 Å². The number of thioether (sulfide) groups is 1. The molecule has 1 aromatic rings. The van der Waals surface area contributed by atoms with E-state index in [0.717, 1.165) is 11.8 Å². The molecule has 1 rings (SSSR count). The van der Waals surface area contributed by atoms with Crippen molar-refractivity contribution in [1.82, 2.24) is 9.97 Å². The molecule has 0 aromatic carbocycles. The number of aryl methyl sites for hydroxylation is 2. The largest absolute Gasteiger partial charge is 0.522 e. The van der Waals surface area contributed by atoms with Crippen molar-refractivity contribution in [2.45, 2.75) is 25.2 Å². The van der Waals surface area contributed by atoms with E-state index in [-0.39, 0.29) is 22.0 Å². The highest BCUT2D eigenvalue weighted by molar-refractivity contribution is 7.99. The average molecular weight is 296 g/mol. The molecule has 0 spiro atoms. The third-order valence-electron chi connectivity index (χ3n) is 1.97. The van der Waals surface area contributed by atoms with Crippen molar-refractivity contribution < 1.29 is 27.8 Å². The Morgan fingerprint density at radius 1 is 1.37 bits per heavy atom. The summed E-state index contributed by atoms with van der Waals surface area (Å²) in [4.78, 5) is 18.9. The minimum absolute atomic E-state index is 0.0598. The summed E-state index contributed by atoms with van der Waals surface area (Å²) in [5, 5.41) is 9.16. The fraction of sp³-hybridized carbons (Fsp3) is 0.500. The molecule has 106 valence electrons. The number of carboxylic acids is 1. The van der Waals surface area contributed by atoms with Gasteiger partial charge in [0.15, 0.2) is 0 Å². The number of halogens is 3. The minimum Gasteiger partial charge on any atom is -0.478 e. The van der Waals surface area contributed by atoms with Crippen molar-refractivity contribution in [2.24, 2.45) is 0 Å². The van der Waals surface area contributed by atoms with Crippen LogP contribution in [0.2, 0.25) is 0 Å². The van der Waals surface area contributed by atoms with Crippen molar-refractivity contribution in [1.29, 1.82) is 0 Å². The molecule has 0 aliphatic carbocycles. The Bertz CT molecular complexity index is 480. The fourth-order valence-electron chi connectivity index (χ4n) is 1.33. The van der Waals surface area contributed by atoms with Crippen molar-refractivity contribution in [3.8, 4) is 0 Å². The number of rotatable bonds is 5. The number of hydrogen-bond acceptors (Lipinski definition) is 5. The number of hydrogen-bond donors (Lipinski definition) is 1. The van der Waals surface area contributed by atoms with Gasteiger partial charge >= 0.3 is 12.3 Å². The number of nitrogens with zero attached hydrogens (tertiary/aromatic N) is 2. The van der Waals surface area contributed by atoms with Crippen LogP contribution in [0.25, 0.3) is 0 Å². The average Bonchev–Trinajstić information content (AvgIpc) is 2.21. The Hall–Kier alpha value is -1.35. The van der Waals surface area contributed by atoms with Crippen LogP contribution >= 0.6 is 11.8 Å². The SMILES string of the molecule is Cc1nc(C)c(C(=O)O)c(SCCOC(F)(F)F)n1. The van der Waals surface area contributed by atoms with E-state index >= 15 is 0 Å². The summed E-state index contributed by atoms with van der Waals surface area (Å²) in [7, 11) is 0. The Morgan fingerprint density at radius 3 is 2.53 bits per heavy atom. The predicted molar refractivity (Wildman–Crippen MR) is 61.2 cm³/mol. The van der Waals surface area contributed by atoms with Gasteiger partial charge in [-0.3, -0.25) is 4.74 Å². The van der Waals surface area contributed by atoms with Gasteiger partial charge in [-0.1, -0.05) is 0 Å². The zero-order valence-corrected chi connectivity index (χ0v) is 10.9. The summed E-state index contributed by atoms with van der Waals surface area (Å²) < 4.78 is 38.9. The zero-order chi connectivity index (χ0) is 14.6. The first kappa shape index (κ1) is 15.7. The second-order valence-corrected chi connectivity index (χ2v) is 4.57. The normalized spacial score (nSPS) is 11.6. The summed E-state index contributed by atoms with van der Waals surface area (Å²) in [6.45, 7) is 2.51. The molecule has 0 amide bonds. The molecule has 9 heteroatoms. The molecule has 1 N–H and O–H groups in total. The number of alkyl halides is 3. The molecule has 0 bridgehead atoms. The molecule has 0 aliphatic heterocycles. The van der Waals surface area contributed by atoms with Crippen LogP contribution in [0.4, 0.5) is 13.2 Å². The van der Waals surface area contributed by atoms with Gasteiger partial charge in [0, 0.05) is 5.75 Å². The standard InChI is InChI=1S/C10H11F3N2O3S/c1-5-7(9(16)17)8(15-6(2)14-5)19-4-3-18-10(11,12)13/h3-4H2,1-2H3,(H,16,17). The fourth-order valence-corrected chi connectivity index (χ4v) is 2.26. The molecular formula is C10H11F3N2O3S. The van der Waals surface area contributed by atoms with Crippen LogP contribution in [0.3, 0.4) is 0 Å². The first-order chi connectivity index (χ1) is 8.70. The summed E-state index contributed by atoms with van der Waals surface area (Å²) in [5.41, 5.74) is 0.182. The van der Waals surface area contributed by atoms with Crippen molar-refractivity contribution in [2.75, 3.05) is 12.4 Å². The molecule has 1 heterocycles. The number of carbonyl (C=O) groups is 1. The topological polar surface area (TPSA) is 72.3 Å². The maximum Gasteiger partial charge on any atom is 0.522 e. The maximum atomic E-state index is 11.8. The third-order valence-corrected chi connectivity index (χ3v) is 2.91. The van der Waals surface area contributed by atoms with E-state index in [9.17, 15) is 18.0 Å². The summed E-state index contributed by atoms with van der Waals surface area (Å²) in [6.07, 6.45) is -4.69. The molecule has 0 radical (unpaired) electrons. The molecule has 0 fully saturated rings. The van der Waals surface area contributed by atoms with Crippen LogP contribution in [-0.4, -0.2) is 39.8 Å². The second-order valence-electron chi connectivity index (χ2n) is 3.48. The van der Waals surface area contributed by atoms with Gasteiger partial charge in [-0.2, -0.15) is 0 Å². The van der Waals surface area contributed by atoms with Gasteiger partial charge in [-0.15, -0.1) is 24.9 Å². The highest BCUT2D eigenvalue weighted by Crippen LogP contribution is 2.24. The second kappa shape index (κ2) is 6.20. The Kier molecular flexibility index (Phi) is 5.12. The molecule has 19 heavy (non-hydrogen) atoms. The van der Waals surface area contributed by atoms with E-state index in [1.807, 2.05) is 0 Å². The van der Waals surface area contributed by atoms with E-state index in [4.69, 9.17) is 5.11 Å². The molecule has 0 saturated carbocycles. The zero-order valence-electron chi connectivity index (χ0n) is 10.1. The number of aromatic carboxylic acids is 1. The Labute approximate surface area is 111 Å². The minimum atomic E-state index is -4.69. The Balaban J connectivity index is 2.75. The molecule has 1 aromatic heterocycles. The highest BCUT2D eigenvalue weighted by Gasteiger charge is 2.28. The first-order valence-corrected chi connectivity index (χ1v) is 6.11. The first-order valence-electron chi connectivity index (χ1n) is 5.12. The van der Waals surface area contributed by atoms with Gasteiger partial charge in [0.05, 0.1) is 12.3 Å². The van der Waals surface area contributed by atoms with Crippen LogP contribution in [0.1, 0.15) is 21.9 Å². The monoisotopic (exact) mass is 296 g/mol. The predicted octanol–water partition coefficient (Wildman–Crippen LogP) is 2.42. The molecule has 0 atom stereocenters. The Morgan fingerprint density at radius 2 is 2.00 bits per heavy atom. The number of carboxylic acid groups (broad SMARTS) is 1. The van der Waals surface area contributed by atoms with Gasteiger partial charge < -0.3 is 5.11 Å². The third kappa shape index (κ3) is 5.03. The van der Waals surface area contributed by atoms with Crippen LogP contribution < -0.4 is 0 Å². The molecular weight excluding hydrogens is 285 g/mol. The lowest BCUT2D eigenvalue weighted by atomic mass is 10.2. The molecule has 0 saturated heterocycles. The molecule has 0 unspecified atom stereocenters. The van der Waals surface area contributed by atoms with Crippen LogP contribution in [0, 0.1) is 13.8 Å². The number of ether oxygens (including phenoxy) is 1. The number of aromatic nitrogens is 2. The lowest BCUT2D eigenvalue weighted by molar-refractivity contribution is -0.322. The van der Waals surface area contributed by atoms with Gasteiger partial charge in [-0.25, -0.2) is 14.8 Å². The van der Waals surface area contributed by atoms with Crippen LogP contribution in [0.5, 0.6) is 0 Å². The van der Waals surface area contributed by atoms with Gasteiger partial charge in [0.25, 0.3) is 0 Å². The summed E-state index contributed by atoms with van der Waals surface area (Å²) in [6, 6.07) is 0. The smallest absolute Gasteiger partial charge is 0.478 e. The van der Waals surface area contributed by atoms with Gasteiger partial charge in [0.1, 0.15) is 16.4 Å². The molecule has 5 nitrogen and oxygen atoms in total. The van der Waals surface area contributed by atoms with Crippen molar-refractivity contribution in [3.05, 3.63) is 17.1 Å². The maximum absolute atomic E-state index is 11.8. The lowest BCUT2D eigenvalue weighted by Gasteiger charge is -2.09. The van der Waals surface area contributed by atoms with E-state index in [0.29, 0.717) is 5.82 Å². The van der Waals surface area contributed by atoms with Crippen LogP contribution in [0.15, 0.2) is 5.03 Å². The highest BCUT2D eigenvalue weighted by atomic mass is 32.2. The van der Waals surface area contributed by atoms with Crippen LogP contribution in [-0.2, 0) is 4.74 Å². The summed E-state index contributed by atoms with van der Waals surface area (Å²) in [5.74, 6) is -0.908. The van der Waals surface area contributed by atoms with Gasteiger partial charge in [-0.05, 0) is 13.8 Å². The van der Waals surface area contributed by atoms with E-state index in [2.05, 4.69) is 14.7 Å². The van der Waals surface area contributed by atoms with Crippen molar-refractivity contribution in [3.63, 3.8) is 0 Å². The van der Waals surface area contributed by atoms with E-state index < -0.39 is 18.9 Å². The van der Waals surface area contributed by atoms with Crippen molar-refractivity contribution >= 4 is 17.7 Å². The molecule has 0 aliphatic rings.